The van der Waals surface area contributed by atoms with Crippen LogP contribution in [0.15, 0.2) is 61.2 Å². The van der Waals surface area contributed by atoms with Gasteiger partial charge in [-0.2, -0.15) is 5.10 Å². The van der Waals surface area contributed by atoms with Gasteiger partial charge in [0.2, 0.25) is 0 Å². The van der Waals surface area contributed by atoms with E-state index < -0.39 is 11.2 Å². The molecule has 0 radical (unpaired) electrons. The number of anilines is 1. The molecule has 2 aromatic heterocycles. The second-order valence-electron chi connectivity index (χ2n) is 5.77. The second kappa shape index (κ2) is 6.67. The third-order valence-electron chi connectivity index (χ3n) is 4.24. The van der Waals surface area contributed by atoms with Gasteiger partial charge in [-0.25, -0.2) is 4.68 Å². The van der Waals surface area contributed by atoms with Gasteiger partial charge >= 0.3 is 0 Å². The van der Waals surface area contributed by atoms with Gasteiger partial charge in [-0.1, -0.05) is 23.3 Å². The Morgan fingerprint density at radius 3 is 2.42 bits per heavy atom. The molecule has 1 saturated heterocycles. The molecule has 3 aromatic rings. The monoisotopic (exact) mass is 338 g/mol. The Bertz CT molecular complexity index is 795. The molecule has 0 N–H and O–H groups in total. The van der Waals surface area contributed by atoms with E-state index in [1.807, 2.05) is 29.2 Å². The zero-order valence-electron chi connectivity index (χ0n) is 13.2. The van der Waals surface area contributed by atoms with Crippen LogP contribution in [0.25, 0.3) is 16.8 Å². The van der Waals surface area contributed by atoms with Crippen LogP contribution < -0.4 is 4.90 Å². The fourth-order valence-electron chi connectivity index (χ4n) is 2.86. The number of rotatable bonds is 3. The normalized spacial score (nSPS) is 15.6. The first-order valence-electron chi connectivity index (χ1n) is 7.95. The summed E-state index contributed by atoms with van der Waals surface area (Å²) in [6.45, 7) is 1.73. The van der Waals surface area contributed by atoms with Gasteiger partial charge in [0, 0.05) is 23.6 Å². The first-order chi connectivity index (χ1) is 11.8. The molecule has 0 atom stereocenters. The Morgan fingerprint density at radius 2 is 1.71 bits per heavy atom. The summed E-state index contributed by atoms with van der Waals surface area (Å²) in [5, 5.41) is 4.42. The molecule has 0 unspecified atom stereocenters. The lowest BCUT2D eigenvalue weighted by molar-refractivity contribution is 0.586. The topological polar surface area (TPSA) is 57.0 Å². The smallest absolute Gasteiger partial charge is 0.123 e. The van der Waals surface area contributed by atoms with Gasteiger partial charge in [0.15, 0.2) is 0 Å². The number of pyridine rings is 1. The van der Waals surface area contributed by atoms with E-state index in [4.69, 9.17) is 0 Å². The minimum Gasteiger partial charge on any atom is -0.616 e. The van der Waals surface area contributed by atoms with Gasteiger partial charge in [-0.3, -0.25) is 4.98 Å². The highest BCUT2D eigenvalue weighted by Gasteiger charge is 2.19. The summed E-state index contributed by atoms with van der Waals surface area (Å²) < 4.78 is 13.3. The number of benzene rings is 1. The molecule has 0 amide bonds. The van der Waals surface area contributed by atoms with Crippen LogP contribution in [-0.2, 0) is 11.2 Å². The van der Waals surface area contributed by atoms with Crippen molar-refractivity contribution in [1.29, 1.82) is 0 Å². The van der Waals surface area contributed by atoms with Crippen molar-refractivity contribution < 1.29 is 4.55 Å². The maximum Gasteiger partial charge on any atom is 0.123 e. The van der Waals surface area contributed by atoms with E-state index in [2.05, 4.69) is 39.2 Å². The van der Waals surface area contributed by atoms with Crippen molar-refractivity contribution in [2.75, 3.05) is 29.5 Å². The molecule has 0 saturated carbocycles. The van der Waals surface area contributed by atoms with Crippen LogP contribution in [0, 0.1) is 0 Å². The second-order valence-corrected chi connectivity index (χ2v) is 7.46. The van der Waals surface area contributed by atoms with Crippen LogP contribution in [0.2, 0.25) is 0 Å². The molecule has 0 aliphatic carbocycles. The van der Waals surface area contributed by atoms with Gasteiger partial charge < -0.3 is 9.45 Å². The number of aromatic nitrogens is 3. The molecule has 3 heterocycles. The van der Waals surface area contributed by atoms with E-state index >= 15 is 0 Å². The Balaban J connectivity index is 1.52. The highest BCUT2D eigenvalue weighted by molar-refractivity contribution is 7.91. The van der Waals surface area contributed by atoms with Crippen molar-refractivity contribution in [1.82, 2.24) is 14.8 Å². The summed E-state index contributed by atoms with van der Waals surface area (Å²) in [4.78, 5) is 6.42. The largest absolute Gasteiger partial charge is 0.616 e. The predicted molar refractivity (Wildman–Crippen MR) is 96.9 cm³/mol. The third-order valence-corrected chi connectivity index (χ3v) is 5.51. The van der Waals surface area contributed by atoms with Crippen LogP contribution in [-0.4, -0.2) is 43.9 Å². The van der Waals surface area contributed by atoms with Crippen molar-refractivity contribution in [3.63, 3.8) is 0 Å². The molecule has 1 aromatic carbocycles. The van der Waals surface area contributed by atoms with E-state index in [0.29, 0.717) is 0 Å². The first kappa shape index (κ1) is 15.2. The van der Waals surface area contributed by atoms with Gasteiger partial charge in [-0.15, -0.1) is 0 Å². The number of nitrogens with zero attached hydrogens (tertiary/aromatic N) is 4. The highest BCUT2D eigenvalue weighted by atomic mass is 32.2. The van der Waals surface area contributed by atoms with E-state index in [0.717, 1.165) is 41.4 Å². The Morgan fingerprint density at radius 1 is 0.917 bits per heavy atom. The van der Waals surface area contributed by atoms with Crippen LogP contribution in [0.4, 0.5) is 5.69 Å². The molecule has 1 aliphatic rings. The van der Waals surface area contributed by atoms with Crippen molar-refractivity contribution >= 4 is 16.9 Å². The van der Waals surface area contributed by atoms with Gasteiger partial charge in [0.1, 0.15) is 11.5 Å². The molecule has 0 bridgehead atoms. The summed E-state index contributed by atoms with van der Waals surface area (Å²) in [5.74, 6) is 1.53. The summed E-state index contributed by atoms with van der Waals surface area (Å²) in [7, 11) is 0. The van der Waals surface area contributed by atoms with E-state index in [1.165, 1.54) is 5.69 Å². The Hall–Kier alpha value is -2.31. The van der Waals surface area contributed by atoms with E-state index in [1.54, 1.807) is 12.4 Å². The third kappa shape index (κ3) is 3.16. The summed E-state index contributed by atoms with van der Waals surface area (Å²) in [6.07, 6.45) is 7.42. The summed E-state index contributed by atoms with van der Waals surface area (Å²) in [6, 6.07) is 12.4. The quantitative estimate of drug-likeness (QED) is 0.689. The summed E-state index contributed by atoms with van der Waals surface area (Å²) in [5.41, 5.74) is 4.34. The first-order valence-corrected chi connectivity index (χ1v) is 9.44. The molecule has 5 nitrogen and oxygen atoms in total. The lowest BCUT2D eigenvalue weighted by atomic mass is 10.1. The van der Waals surface area contributed by atoms with Gasteiger partial charge in [0.05, 0.1) is 31.2 Å². The highest BCUT2D eigenvalue weighted by Crippen LogP contribution is 2.24. The van der Waals surface area contributed by atoms with Crippen molar-refractivity contribution in [2.24, 2.45) is 0 Å². The fourth-order valence-corrected chi connectivity index (χ4v) is 3.92. The maximum absolute atomic E-state index is 11.5. The predicted octanol–water partition coefficient (Wildman–Crippen LogP) is 2.50. The van der Waals surface area contributed by atoms with Crippen LogP contribution in [0.1, 0.15) is 0 Å². The standard InChI is InChI=1S/C18H18N4OS/c23-24-10-8-21(9-11-24)17-5-3-15(4-6-17)16-12-20-22(14-16)18-2-1-7-19-13-18/h1-7,12-14H,8-11H2. The molecule has 1 aliphatic heterocycles. The van der Waals surface area contributed by atoms with Crippen molar-refractivity contribution in [3.8, 4) is 16.8 Å². The molecule has 0 spiro atoms. The van der Waals surface area contributed by atoms with Crippen molar-refractivity contribution in [3.05, 3.63) is 61.2 Å². The number of hydrogen-bond donors (Lipinski definition) is 0. The minimum atomic E-state index is -0.642. The maximum atomic E-state index is 11.5. The van der Waals surface area contributed by atoms with Gasteiger partial charge in [-0.05, 0) is 29.8 Å². The Kier molecular flexibility index (Phi) is 4.23. The zero-order chi connectivity index (χ0) is 16.4. The molecule has 4 rings (SSSR count). The average Bonchev–Trinajstić information content (AvgIpc) is 3.13. The average molecular weight is 338 g/mol. The van der Waals surface area contributed by atoms with Crippen LogP contribution in [0.5, 0.6) is 0 Å². The van der Waals surface area contributed by atoms with Crippen LogP contribution in [0.3, 0.4) is 0 Å². The van der Waals surface area contributed by atoms with E-state index in [-0.39, 0.29) is 0 Å². The molecular formula is C18H18N4OS. The van der Waals surface area contributed by atoms with Crippen molar-refractivity contribution in [2.45, 2.75) is 0 Å². The summed E-state index contributed by atoms with van der Waals surface area (Å²) >= 11 is -0.642. The number of hydrogen-bond acceptors (Lipinski definition) is 4. The Labute approximate surface area is 144 Å². The van der Waals surface area contributed by atoms with Gasteiger partial charge in [0.25, 0.3) is 0 Å². The molecule has 24 heavy (non-hydrogen) atoms. The fraction of sp³-hybridized carbons (Fsp3) is 0.222. The van der Waals surface area contributed by atoms with Crippen LogP contribution >= 0.6 is 0 Å². The SMILES string of the molecule is [O-][S+]1CCN(c2ccc(-c3cnn(-c4cccnc4)c3)cc2)CC1. The molecular weight excluding hydrogens is 320 g/mol. The molecule has 1 fully saturated rings. The lowest BCUT2D eigenvalue weighted by Crippen LogP contribution is -2.40. The molecule has 6 heteroatoms. The zero-order valence-corrected chi connectivity index (χ0v) is 14.0. The lowest BCUT2D eigenvalue weighted by Gasteiger charge is -2.30. The molecule has 122 valence electrons. The minimum absolute atomic E-state index is 0.642. The van der Waals surface area contributed by atoms with E-state index in [9.17, 15) is 4.55 Å².